The molecule has 24 heavy (non-hydrogen) atoms. The summed E-state index contributed by atoms with van der Waals surface area (Å²) in [6, 6.07) is 13.3. The van der Waals surface area contributed by atoms with E-state index in [1.807, 2.05) is 50.2 Å². The molecule has 0 bridgehead atoms. The molecule has 0 aliphatic carbocycles. The number of nitrogens with one attached hydrogen (secondary N) is 2. The predicted molar refractivity (Wildman–Crippen MR) is 99.9 cm³/mol. The molecule has 0 saturated heterocycles. The molecule has 2 amide bonds. The van der Waals surface area contributed by atoms with Crippen molar-refractivity contribution in [1.82, 2.24) is 5.32 Å². The summed E-state index contributed by atoms with van der Waals surface area (Å²) >= 11 is 3.38. The Morgan fingerprint density at radius 3 is 2.33 bits per heavy atom. The van der Waals surface area contributed by atoms with E-state index < -0.39 is 11.8 Å². The van der Waals surface area contributed by atoms with Crippen LogP contribution in [0.2, 0.25) is 0 Å². The second kappa shape index (κ2) is 8.11. The first-order chi connectivity index (χ1) is 11.4. The van der Waals surface area contributed by atoms with E-state index in [-0.39, 0.29) is 6.04 Å². The van der Waals surface area contributed by atoms with Gasteiger partial charge < -0.3 is 10.6 Å². The van der Waals surface area contributed by atoms with Crippen molar-refractivity contribution in [2.45, 2.75) is 33.2 Å². The van der Waals surface area contributed by atoms with Crippen LogP contribution >= 0.6 is 15.9 Å². The van der Waals surface area contributed by atoms with Gasteiger partial charge in [-0.2, -0.15) is 0 Å². The lowest BCUT2D eigenvalue weighted by molar-refractivity contribution is -0.136. The standard InChI is InChI=1S/C19H21BrN2O2/c1-4-14-6-8-15(9-7-14)13(3)21-18(23)19(24)22-17-10-5-12(2)11-16(17)20/h5-11,13H,4H2,1-3H3,(H,21,23)(H,22,24). The van der Waals surface area contributed by atoms with Crippen LogP contribution in [-0.4, -0.2) is 11.8 Å². The number of hydrogen-bond donors (Lipinski definition) is 2. The van der Waals surface area contributed by atoms with Gasteiger partial charge in [-0.15, -0.1) is 0 Å². The molecule has 2 rings (SSSR count). The van der Waals surface area contributed by atoms with Gasteiger partial charge in [0.1, 0.15) is 0 Å². The first kappa shape index (κ1) is 18.2. The Hall–Kier alpha value is -2.14. The number of hydrogen-bond acceptors (Lipinski definition) is 2. The number of anilines is 1. The van der Waals surface area contributed by atoms with Gasteiger partial charge >= 0.3 is 11.8 Å². The summed E-state index contributed by atoms with van der Waals surface area (Å²) in [6.45, 7) is 5.90. The molecule has 2 aromatic rings. The third-order valence-corrected chi connectivity index (χ3v) is 4.47. The molecule has 1 atom stereocenters. The molecule has 0 spiro atoms. The molecule has 4 nitrogen and oxygen atoms in total. The Morgan fingerprint density at radius 2 is 1.75 bits per heavy atom. The smallest absolute Gasteiger partial charge is 0.313 e. The maximum absolute atomic E-state index is 12.1. The van der Waals surface area contributed by atoms with E-state index in [1.165, 1.54) is 5.56 Å². The van der Waals surface area contributed by atoms with Gasteiger partial charge in [-0.1, -0.05) is 37.3 Å². The molecule has 2 N–H and O–H groups in total. The molecule has 126 valence electrons. The van der Waals surface area contributed by atoms with Crippen molar-refractivity contribution < 1.29 is 9.59 Å². The van der Waals surface area contributed by atoms with Gasteiger partial charge in [-0.3, -0.25) is 9.59 Å². The molecule has 0 aliphatic heterocycles. The molecule has 0 aromatic heterocycles. The van der Waals surface area contributed by atoms with Gasteiger partial charge in [0.05, 0.1) is 11.7 Å². The SMILES string of the molecule is CCc1ccc(C(C)NC(=O)C(=O)Nc2ccc(C)cc2Br)cc1. The number of carbonyl (C=O) groups excluding carboxylic acids is 2. The molecule has 0 radical (unpaired) electrons. The van der Waals surface area contributed by atoms with Crippen molar-refractivity contribution in [3.8, 4) is 0 Å². The van der Waals surface area contributed by atoms with E-state index in [0.717, 1.165) is 22.0 Å². The van der Waals surface area contributed by atoms with Crippen LogP contribution in [0.5, 0.6) is 0 Å². The molecular weight excluding hydrogens is 368 g/mol. The number of amides is 2. The molecule has 0 aliphatic rings. The number of carbonyl (C=O) groups is 2. The van der Waals surface area contributed by atoms with Crippen LogP contribution in [0.15, 0.2) is 46.9 Å². The van der Waals surface area contributed by atoms with E-state index in [4.69, 9.17) is 0 Å². The van der Waals surface area contributed by atoms with Crippen LogP contribution in [0, 0.1) is 6.92 Å². The lowest BCUT2D eigenvalue weighted by atomic mass is 10.1. The van der Waals surface area contributed by atoms with Gasteiger partial charge in [-0.05, 0) is 65.0 Å². The second-order valence-electron chi connectivity index (χ2n) is 5.73. The number of benzene rings is 2. The van der Waals surface area contributed by atoms with Gasteiger partial charge in [0.15, 0.2) is 0 Å². The van der Waals surface area contributed by atoms with Crippen molar-refractivity contribution in [3.05, 3.63) is 63.6 Å². The minimum atomic E-state index is -0.684. The molecular formula is C19H21BrN2O2. The fourth-order valence-corrected chi connectivity index (χ4v) is 2.88. The van der Waals surface area contributed by atoms with Crippen LogP contribution in [0.25, 0.3) is 0 Å². The average molecular weight is 389 g/mol. The minimum absolute atomic E-state index is 0.240. The molecule has 0 fully saturated rings. The lowest BCUT2D eigenvalue weighted by Crippen LogP contribution is -2.37. The maximum atomic E-state index is 12.1. The summed E-state index contributed by atoms with van der Waals surface area (Å²) in [5.41, 5.74) is 3.83. The van der Waals surface area contributed by atoms with Crippen molar-refractivity contribution in [3.63, 3.8) is 0 Å². The van der Waals surface area contributed by atoms with Gasteiger partial charge in [0, 0.05) is 4.47 Å². The summed E-state index contributed by atoms with van der Waals surface area (Å²) in [4.78, 5) is 24.2. The Labute approximate surface area is 150 Å². The molecule has 1 unspecified atom stereocenters. The summed E-state index contributed by atoms with van der Waals surface area (Å²) in [7, 11) is 0. The molecule has 5 heteroatoms. The molecule has 0 saturated carbocycles. The predicted octanol–water partition coefficient (Wildman–Crippen LogP) is 4.14. The zero-order valence-corrected chi connectivity index (χ0v) is 15.6. The summed E-state index contributed by atoms with van der Waals surface area (Å²) in [5, 5.41) is 5.33. The normalized spacial score (nSPS) is 11.7. The zero-order valence-electron chi connectivity index (χ0n) is 14.0. The first-order valence-corrected chi connectivity index (χ1v) is 8.66. The number of aryl methyl sites for hydroxylation is 2. The topological polar surface area (TPSA) is 58.2 Å². The van der Waals surface area contributed by atoms with E-state index in [2.05, 4.69) is 33.5 Å². The second-order valence-corrected chi connectivity index (χ2v) is 6.58. The summed E-state index contributed by atoms with van der Waals surface area (Å²) < 4.78 is 0.742. The van der Waals surface area contributed by atoms with Gasteiger partial charge in [0.2, 0.25) is 0 Å². The Kier molecular flexibility index (Phi) is 6.15. The highest BCUT2D eigenvalue weighted by Crippen LogP contribution is 2.23. The monoisotopic (exact) mass is 388 g/mol. The number of halogens is 1. The van der Waals surface area contributed by atoms with Crippen molar-refractivity contribution in [1.29, 1.82) is 0 Å². The average Bonchev–Trinajstić information content (AvgIpc) is 2.57. The fraction of sp³-hybridized carbons (Fsp3) is 0.263. The highest BCUT2D eigenvalue weighted by Gasteiger charge is 2.18. The number of rotatable bonds is 4. The summed E-state index contributed by atoms with van der Waals surface area (Å²) in [6.07, 6.45) is 0.967. The van der Waals surface area contributed by atoms with Crippen molar-refractivity contribution in [2.24, 2.45) is 0 Å². The van der Waals surface area contributed by atoms with Crippen LogP contribution in [-0.2, 0) is 16.0 Å². The highest BCUT2D eigenvalue weighted by molar-refractivity contribution is 9.10. The van der Waals surface area contributed by atoms with E-state index in [9.17, 15) is 9.59 Å². The van der Waals surface area contributed by atoms with Crippen molar-refractivity contribution in [2.75, 3.05) is 5.32 Å². The Balaban J connectivity index is 1.98. The third kappa shape index (κ3) is 4.68. The lowest BCUT2D eigenvalue weighted by Gasteiger charge is -2.15. The highest BCUT2D eigenvalue weighted by atomic mass is 79.9. The van der Waals surface area contributed by atoms with Crippen LogP contribution in [0.3, 0.4) is 0 Å². The quantitative estimate of drug-likeness (QED) is 0.773. The van der Waals surface area contributed by atoms with E-state index >= 15 is 0 Å². The van der Waals surface area contributed by atoms with Gasteiger partial charge in [0.25, 0.3) is 0 Å². The largest absolute Gasteiger partial charge is 0.341 e. The third-order valence-electron chi connectivity index (χ3n) is 3.81. The van der Waals surface area contributed by atoms with Crippen LogP contribution in [0.1, 0.15) is 36.6 Å². The molecule has 2 aromatic carbocycles. The van der Waals surface area contributed by atoms with Gasteiger partial charge in [-0.25, -0.2) is 0 Å². The Bertz CT molecular complexity index is 742. The van der Waals surface area contributed by atoms with E-state index in [1.54, 1.807) is 6.07 Å². The minimum Gasteiger partial charge on any atom is -0.341 e. The van der Waals surface area contributed by atoms with E-state index in [0.29, 0.717) is 5.69 Å². The molecule has 0 heterocycles. The van der Waals surface area contributed by atoms with Crippen molar-refractivity contribution >= 4 is 33.4 Å². The van der Waals surface area contributed by atoms with Crippen LogP contribution < -0.4 is 10.6 Å². The zero-order chi connectivity index (χ0) is 17.7. The van der Waals surface area contributed by atoms with Crippen LogP contribution in [0.4, 0.5) is 5.69 Å². The maximum Gasteiger partial charge on any atom is 0.313 e. The first-order valence-electron chi connectivity index (χ1n) is 7.87. The fourth-order valence-electron chi connectivity index (χ4n) is 2.29. The summed E-state index contributed by atoms with van der Waals surface area (Å²) in [5.74, 6) is -1.34. The Morgan fingerprint density at radius 1 is 1.08 bits per heavy atom.